The number of methoxy groups -OCH3 is 1. The van der Waals surface area contributed by atoms with E-state index in [1.54, 1.807) is 0 Å². The van der Waals surface area contributed by atoms with E-state index in [0.29, 0.717) is 6.54 Å². The molecule has 1 heterocycles. The Balaban J connectivity index is 2.09. The summed E-state index contributed by atoms with van der Waals surface area (Å²) in [6.07, 6.45) is 0. The van der Waals surface area contributed by atoms with Crippen molar-refractivity contribution in [1.82, 2.24) is 9.88 Å². The third kappa shape index (κ3) is 3.05. The molecule has 0 bridgehead atoms. The number of rotatable bonds is 4. The average Bonchev–Trinajstić information content (AvgIpc) is 2.38. The van der Waals surface area contributed by atoms with Gasteiger partial charge in [0, 0.05) is 11.9 Å². The van der Waals surface area contributed by atoms with E-state index in [-0.39, 0.29) is 12.5 Å². The second-order valence-electron chi connectivity index (χ2n) is 4.24. The first-order chi connectivity index (χ1) is 8.69. The van der Waals surface area contributed by atoms with Gasteiger partial charge in [-0.25, -0.2) is 0 Å². The number of benzene rings is 1. The van der Waals surface area contributed by atoms with Gasteiger partial charge in [0.15, 0.2) is 0 Å². The first kappa shape index (κ1) is 12.5. The molecule has 0 aliphatic carbocycles. The van der Waals surface area contributed by atoms with Gasteiger partial charge >= 0.3 is 5.97 Å². The number of carbonyl (C=O) groups excluding carboxylic acids is 1. The van der Waals surface area contributed by atoms with E-state index in [2.05, 4.69) is 9.72 Å². The number of aromatic nitrogens is 1. The van der Waals surface area contributed by atoms with Gasteiger partial charge in [0.25, 0.3) is 0 Å². The lowest BCUT2D eigenvalue weighted by Gasteiger charge is -2.14. The van der Waals surface area contributed by atoms with Crippen LogP contribution in [0.15, 0.2) is 36.4 Å². The van der Waals surface area contributed by atoms with Crippen LogP contribution in [-0.4, -0.2) is 36.6 Å². The molecule has 0 spiro atoms. The van der Waals surface area contributed by atoms with Crippen molar-refractivity contribution in [2.45, 2.75) is 6.54 Å². The van der Waals surface area contributed by atoms with E-state index in [1.165, 1.54) is 7.11 Å². The number of para-hydroxylation sites is 1. The average molecular weight is 244 g/mol. The van der Waals surface area contributed by atoms with Crippen molar-refractivity contribution < 1.29 is 9.53 Å². The fourth-order valence-corrected chi connectivity index (χ4v) is 1.81. The van der Waals surface area contributed by atoms with Gasteiger partial charge < -0.3 is 4.74 Å². The van der Waals surface area contributed by atoms with Crippen molar-refractivity contribution in [3.63, 3.8) is 0 Å². The Bertz CT molecular complexity index is 554. The lowest BCUT2D eigenvalue weighted by Crippen LogP contribution is -2.26. The summed E-state index contributed by atoms with van der Waals surface area (Å²) in [6.45, 7) is 0.894. The maximum Gasteiger partial charge on any atom is 0.319 e. The molecule has 2 rings (SSSR count). The fraction of sp³-hybridized carbons (Fsp3) is 0.286. The largest absolute Gasteiger partial charge is 0.468 e. The van der Waals surface area contributed by atoms with Crippen molar-refractivity contribution in [3.8, 4) is 0 Å². The van der Waals surface area contributed by atoms with Gasteiger partial charge in [-0.15, -0.1) is 0 Å². The Labute approximate surface area is 106 Å². The van der Waals surface area contributed by atoms with Crippen LogP contribution in [0.3, 0.4) is 0 Å². The Morgan fingerprint density at radius 2 is 2.06 bits per heavy atom. The fourth-order valence-electron chi connectivity index (χ4n) is 1.81. The highest BCUT2D eigenvalue weighted by molar-refractivity contribution is 5.78. The zero-order valence-corrected chi connectivity index (χ0v) is 10.6. The molecule has 0 saturated heterocycles. The molecule has 1 aromatic heterocycles. The molecule has 1 aromatic carbocycles. The molecule has 2 aromatic rings. The molecule has 4 heteroatoms. The SMILES string of the molecule is COC(=O)CN(C)Cc1ccc2ccccc2n1. The van der Waals surface area contributed by atoms with Crippen molar-refractivity contribution in [1.29, 1.82) is 0 Å². The van der Waals surface area contributed by atoms with Gasteiger partial charge in [0.2, 0.25) is 0 Å². The standard InChI is InChI=1S/C14H16N2O2/c1-16(10-14(17)18-2)9-12-8-7-11-5-3-4-6-13(11)15-12/h3-8H,9-10H2,1-2H3. The van der Waals surface area contributed by atoms with Crippen molar-refractivity contribution >= 4 is 16.9 Å². The van der Waals surface area contributed by atoms with Crippen LogP contribution in [-0.2, 0) is 16.1 Å². The minimum absolute atomic E-state index is 0.238. The van der Waals surface area contributed by atoms with Gasteiger partial charge in [-0.05, 0) is 19.2 Å². The van der Waals surface area contributed by atoms with Crippen LogP contribution in [0, 0.1) is 0 Å². The van der Waals surface area contributed by atoms with E-state index in [9.17, 15) is 4.79 Å². The van der Waals surface area contributed by atoms with Crippen LogP contribution in [0.25, 0.3) is 10.9 Å². The molecule has 0 amide bonds. The number of fused-ring (bicyclic) bond motifs is 1. The van der Waals surface area contributed by atoms with E-state index >= 15 is 0 Å². The zero-order valence-electron chi connectivity index (χ0n) is 10.6. The van der Waals surface area contributed by atoms with Gasteiger partial charge in [-0.2, -0.15) is 0 Å². The Hall–Kier alpha value is -1.94. The van der Waals surface area contributed by atoms with Gasteiger partial charge in [-0.1, -0.05) is 24.3 Å². The molecule has 0 radical (unpaired) electrons. The minimum atomic E-state index is -0.238. The Morgan fingerprint density at radius 1 is 1.28 bits per heavy atom. The molecule has 0 N–H and O–H groups in total. The summed E-state index contributed by atoms with van der Waals surface area (Å²) in [5.74, 6) is -0.238. The number of nitrogens with zero attached hydrogens (tertiary/aromatic N) is 2. The molecule has 4 nitrogen and oxygen atoms in total. The summed E-state index contributed by atoms with van der Waals surface area (Å²) in [6, 6.07) is 12.0. The predicted octanol–water partition coefficient (Wildman–Crippen LogP) is 1.84. The van der Waals surface area contributed by atoms with Crippen LogP contribution in [0.2, 0.25) is 0 Å². The maximum atomic E-state index is 11.1. The molecule has 0 fully saturated rings. The topological polar surface area (TPSA) is 42.4 Å². The normalized spacial score (nSPS) is 10.8. The summed E-state index contributed by atoms with van der Waals surface area (Å²) < 4.78 is 4.63. The second kappa shape index (κ2) is 5.60. The smallest absolute Gasteiger partial charge is 0.319 e. The predicted molar refractivity (Wildman–Crippen MR) is 70.1 cm³/mol. The maximum absolute atomic E-state index is 11.1. The highest BCUT2D eigenvalue weighted by atomic mass is 16.5. The molecule has 94 valence electrons. The number of hydrogen-bond donors (Lipinski definition) is 0. The summed E-state index contributed by atoms with van der Waals surface area (Å²) in [4.78, 5) is 17.6. The van der Waals surface area contributed by atoms with Crippen molar-refractivity contribution in [3.05, 3.63) is 42.1 Å². The zero-order chi connectivity index (χ0) is 13.0. The molecule has 0 unspecified atom stereocenters. The van der Waals surface area contributed by atoms with E-state index in [0.717, 1.165) is 16.6 Å². The third-order valence-electron chi connectivity index (χ3n) is 2.71. The highest BCUT2D eigenvalue weighted by Crippen LogP contribution is 2.12. The summed E-state index contributed by atoms with van der Waals surface area (Å²) in [5, 5.41) is 1.12. The van der Waals surface area contributed by atoms with E-state index in [4.69, 9.17) is 0 Å². The Morgan fingerprint density at radius 3 is 2.83 bits per heavy atom. The molecule has 0 saturated carbocycles. The molecule has 18 heavy (non-hydrogen) atoms. The first-order valence-electron chi connectivity index (χ1n) is 5.79. The molecule has 0 aliphatic heterocycles. The number of esters is 1. The number of hydrogen-bond acceptors (Lipinski definition) is 4. The van der Waals surface area contributed by atoms with Gasteiger partial charge in [-0.3, -0.25) is 14.7 Å². The molecular formula is C14H16N2O2. The number of carbonyl (C=O) groups is 1. The molecular weight excluding hydrogens is 228 g/mol. The molecule has 0 atom stereocenters. The molecule has 0 aliphatic rings. The highest BCUT2D eigenvalue weighted by Gasteiger charge is 2.07. The first-order valence-corrected chi connectivity index (χ1v) is 5.79. The lowest BCUT2D eigenvalue weighted by atomic mass is 10.2. The summed E-state index contributed by atoms with van der Waals surface area (Å²) in [7, 11) is 3.26. The summed E-state index contributed by atoms with van der Waals surface area (Å²) >= 11 is 0. The summed E-state index contributed by atoms with van der Waals surface area (Å²) in [5.41, 5.74) is 1.92. The lowest BCUT2D eigenvalue weighted by molar-refractivity contribution is -0.141. The quantitative estimate of drug-likeness (QED) is 0.770. The van der Waals surface area contributed by atoms with Crippen LogP contribution >= 0.6 is 0 Å². The minimum Gasteiger partial charge on any atom is -0.468 e. The van der Waals surface area contributed by atoms with Gasteiger partial charge in [0.1, 0.15) is 0 Å². The van der Waals surface area contributed by atoms with Gasteiger partial charge in [0.05, 0.1) is 24.9 Å². The Kier molecular flexibility index (Phi) is 3.89. The van der Waals surface area contributed by atoms with Crippen LogP contribution < -0.4 is 0 Å². The van der Waals surface area contributed by atoms with E-state index < -0.39 is 0 Å². The van der Waals surface area contributed by atoms with Crippen molar-refractivity contribution in [2.24, 2.45) is 0 Å². The third-order valence-corrected chi connectivity index (χ3v) is 2.71. The number of likely N-dealkylation sites (N-methyl/N-ethyl adjacent to an activating group) is 1. The van der Waals surface area contributed by atoms with Crippen LogP contribution in [0.4, 0.5) is 0 Å². The second-order valence-corrected chi connectivity index (χ2v) is 4.24. The number of ether oxygens (including phenoxy) is 1. The van der Waals surface area contributed by atoms with E-state index in [1.807, 2.05) is 48.3 Å². The van der Waals surface area contributed by atoms with Crippen LogP contribution in [0.1, 0.15) is 5.69 Å². The number of pyridine rings is 1. The van der Waals surface area contributed by atoms with Crippen LogP contribution in [0.5, 0.6) is 0 Å². The monoisotopic (exact) mass is 244 g/mol. The van der Waals surface area contributed by atoms with Crippen molar-refractivity contribution in [2.75, 3.05) is 20.7 Å².